The Balaban J connectivity index is 1.86. The number of morpholine rings is 1. The third-order valence-corrected chi connectivity index (χ3v) is 4.09. The number of imidazole rings is 1. The zero-order valence-electron chi connectivity index (χ0n) is 11.9. The molecule has 0 radical (unpaired) electrons. The molecule has 1 fully saturated rings. The molecule has 0 saturated carbocycles. The van der Waals surface area contributed by atoms with Crippen LogP contribution in [0.5, 0.6) is 0 Å². The minimum Gasteiger partial charge on any atom is -0.378 e. The molecule has 1 saturated heterocycles. The summed E-state index contributed by atoms with van der Waals surface area (Å²) < 4.78 is 7.52. The lowest BCUT2D eigenvalue weighted by atomic mass is 10.1. The minimum atomic E-state index is 0.721. The van der Waals surface area contributed by atoms with Crippen LogP contribution in [0.3, 0.4) is 0 Å². The number of hydrogen-bond acceptors (Lipinski definition) is 4. The quantitative estimate of drug-likeness (QED) is 0.729. The van der Waals surface area contributed by atoms with E-state index < -0.39 is 0 Å². The molecule has 4 rings (SSSR count). The lowest BCUT2D eigenvalue weighted by Gasteiger charge is -2.26. The maximum absolute atomic E-state index is 5.98. The second-order valence-electron chi connectivity index (χ2n) is 5.20. The fourth-order valence-electron chi connectivity index (χ4n) is 2.73. The molecule has 0 N–H and O–H groups in total. The van der Waals surface area contributed by atoms with Gasteiger partial charge in [-0.2, -0.15) is 0 Å². The summed E-state index contributed by atoms with van der Waals surface area (Å²) in [5.74, 6) is 0.936. The molecule has 0 unspecified atom stereocenters. The Labute approximate surface area is 133 Å². The first-order valence-electron chi connectivity index (χ1n) is 7.23. The molecule has 1 aliphatic heterocycles. The van der Waals surface area contributed by atoms with Crippen LogP contribution in [0, 0.1) is 0 Å². The molecule has 0 bridgehead atoms. The average molecular weight is 315 g/mol. The van der Waals surface area contributed by atoms with E-state index >= 15 is 0 Å². The van der Waals surface area contributed by atoms with Gasteiger partial charge < -0.3 is 9.64 Å². The molecule has 112 valence electrons. The number of halogens is 1. The van der Waals surface area contributed by atoms with Crippen molar-refractivity contribution in [2.75, 3.05) is 31.2 Å². The number of hydrogen-bond donors (Lipinski definition) is 0. The summed E-state index contributed by atoms with van der Waals surface area (Å²) >= 11 is 5.98. The molecular weight excluding hydrogens is 300 g/mol. The largest absolute Gasteiger partial charge is 0.378 e. The second kappa shape index (κ2) is 5.59. The van der Waals surface area contributed by atoms with E-state index in [4.69, 9.17) is 21.3 Å². The van der Waals surface area contributed by atoms with Gasteiger partial charge in [-0.15, -0.1) is 0 Å². The molecule has 3 heterocycles. The summed E-state index contributed by atoms with van der Waals surface area (Å²) in [6, 6.07) is 7.74. The Kier molecular flexibility index (Phi) is 3.44. The van der Waals surface area contributed by atoms with Crippen molar-refractivity contribution < 1.29 is 4.74 Å². The number of nitrogens with zero attached hydrogens (tertiary/aromatic N) is 4. The summed E-state index contributed by atoms with van der Waals surface area (Å²) in [6.45, 7) is 3.16. The SMILES string of the molecule is Clc1ccc(-c2nc(N3CCOCC3)n3ccncc23)cc1. The van der Waals surface area contributed by atoms with Gasteiger partial charge >= 0.3 is 0 Å². The van der Waals surface area contributed by atoms with Crippen LogP contribution < -0.4 is 4.90 Å². The van der Waals surface area contributed by atoms with Crippen molar-refractivity contribution in [1.29, 1.82) is 0 Å². The molecule has 3 aromatic rings. The predicted molar refractivity (Wildman–Crippen MR) is 86.5 cm³/mol. The second-order valence-corrected chi connectivity index (χ2v) is 5.63. The van der Waals surface area contributed by atoms with E-state index in [1.165, 1.54) is 0 Å². The summed E-state index contributed by atoms with van der Waals surface area (Å²) in [5, 5.41) is 0.721. The third-order valence-electron chi connectivity index (χ3n) is 3.84. The normalized spacial score (nSPS) is 15.4. The number of rotatable bonds is 2. The van der Waals surface area contributed by atoms with Gasteiger partial charge in [0, 0.05) is 36.1 Å². The fraction of sp³-hybridized carbons (Fsp3) is 0.250. The van der Waals surface area contributed by atoms with Crippen molar-refractivity contribution in [2.45, 2.75) is 0 Å². The van der Waals surface area contributed by atoms with Crippen molar-refractivity contribution >= 4 is 23.1 Å². The lowest BCUT2D eigenvalue weighted by molar-refractivity contribution is 0.122. The van der Waals surface area contributed by atoms with E-state index in [1.807, 2.05) is 36.7 Å². The van der Waals surface area contributed by atoms with Gasteiger partial charge in [-0.25, -0.2) is 4.98 Å². The summed E-state index contributed by atoms with van der Waals surface area (Å²) in [6.07, 6.45) is 5.58. The Morgan fingerprint density at radius 3 is 2.64 bits per heavy atom. The van der Waals surface area contributed by atoms with Gasteiger partial charge in [0.15, 0.2) is 0 Å². The Morgan fingerprint density at radius 2 is 1.86 bits per heavy atom. The highest BCUT2D eigenvalue weighted by Crippen LogP contribution is 2.29. The van der Waals surface area contributed by atoms with Crippen molar-refractivity contribution in [3.63, 3.8) is 0 Å². The zero-order valence-corrected chi connectivity index (χ0v) is 12.7. The number of benzene rings is 1. The van der Waals surface area contributed by atoms with Crippen LogP contribution in [0.2, 0.25) is 5.02 Å². The molecule has 0 amide bonds. The minimum absolute atomic E-state index is 0.721. The fourth-order valence-corrected chi connectivity index (χ4v) is 2.85. The molecule has 0 spiro atoms. The van der Waals surface area contributed by atoms with Crippen LogP contribution in [0.1, 0.15) is 0 Å². The van der Waals surface area contributed by atoms with Crippen molar-refractivity contribution in [1.82, 2.24) is 14.4 Å². The van der Waals surface area contributed by atoms with Gasteiger partial charge in [0.2, 0.25) is 5.95 Å². The summed E-state index contributed by atoms with van der Waals surface area (Å²) in [5.41, 5.74) is 2.95. The number of aromatic nitrogens is 3. The molecule has 2 aromatic heterocycles. The molecule has 1 aliphatic rings. The summed E-state index contributed by atoms with van der Waals surface area (Å²) in [4.78, 5) is 11.4. The molecule has 5 nitrogen and oxygen atoms in total. The van der Waals surface area contributed by atoms with Gasteiger partial charge in [0.1, 0.15) is 0 Å². The van der Waals surface area contributed by atoms with Gasteiger partial charge in [-0.3, -0.25) is 9.38 Å². The Morgan fingerprint density at radius 1 is 1.09 bits per heavy atom. The lowest BCUT2D eigenvalue weighted by Crippen LogP contribution is -2.37. The van der Waals surface area contributed by atoms with Crippen LogP contribution >= 0.6 is 11.6 Å². The van der Waals surface area contributed by atoms with Gasteiger partial charge in [-0.05, 0) is 12.1 Å². The molecule has 22 heavy (non-hydrogen) atoms. The van der Waals surface area contributed by atoms with Crippen LogP contribution in [-0.2, 0) is 4.74 Å². The number of anilines is 1. The highest BCUT2D eigenvalue weighted by Gasteiger charge is 2.19. The number of fused-ring (bicyclic) bond motifs is 1. The Bertz CT molecular complexity index is 794. The van der Waals surface area contributed by atoms with Crippen molar-refractivity contribution in [3.8, 4) is 11.3 Å². The molecular formula is C16H15ClN4O. The average Bonchev–Trinajstić information content (AvgIpc) is 2.96. The maximum atomic E-state index is 5.98. The molecule has 0 aliphatic carbocycles. The van der Waals surface area contributed by atoms with Gasteiger partial charge in [0.25, 0.3) is 0 Å². The van der Waals surface area contributed by atoms with Crippen LogP contribution in [0.4, 0.5) is 5.95 Å². The van der Waals surface area contributed by atoms with Gasteiger partial charge in [-0.1, -0.05) is 23.7 Å². The van der Waals surface area contributed by atoms with E-state index in [2.05, 4.69) is 14.3 Å². The standard InChI is InChI=1S/C16H15ClN4O/c17-13-3-1-12(2-4-13)15-14-11-18-5-6-21(14)16(19-15)20-7-9-22-10-8-20/h1-6,11H,7-10H2. The number of ether oxygens (including phenoxy) is 1. The topological polar surface area (TPSA) is 42.7 Å². The van der Waals surface area contributed by atoms with E-state index in [-0.39, 0.29) is 0 Å². The van der Waals surface area contributed by atoms with E-state index in [0.29, 0.717) is 0 Å². The van der Waals surface area contributed by atoms with Crippen LogP contribution in [0.25, 0.3) is 16.8 Å². The van der Waals surface area contributed by atoms with Crippen molar-refractivity contribution in [2.24, 2.45) is 0 Å². The van der Waals surface area contributed by atoms with E-state index in [0.717, 1.165) is 54.0 Å². The smallest absolute Gasteiger partial charge is 0.211 e. The maximum Gasteiger partial charge on any atom is 0.211 e. The zero-order chi connectivity index (χ0) is 14.9. The van der Waals surface area contributed by atoms with E-state index in [1.54, 1.807) is 6.20 Å². The van der Waals surface area contributed by atoms with Crippen LogP contribution in [-0.4, -0.2) is 40.7 Å². The summed E-state index contributed by atoms with van der Waals surface area (Å²) in [7, 11) is 0. The van der Waals surface area contributed by atoms with E-state index in [9.17, 15) is 0 Å². The first kappa shape index (κ1) is 13.5. The highest BCUT2D eigenvalue weighted by atomic mass is 35.5. The first-order chi connectivity index (χ1) is 10.8. The Hall–Kier alpha value is -2.11. The predicted octanol–water partition coefficient (Wildman–Crippen LogP) is 2.89. The monoisotopic (exact) mass is 314 g/mol. The molecule has 0 atom stereocenters. The molecule has 1 aromatic carbocycles. The highest BCUT2D eigenvalue weighted by molar-refractivity contribution is 6.30. The van der Waals surface area contributed by atoms with Crippen LogP contribution in [0.15, 0.2) is 42.9 Å². The third kappa shape index (κ3) is 2.32. The first-order valence-corrected chi connectivity index (χ1v) is 7.61. The van der Waals surface area contributed by atoms with Gasteiger partial charge in [0.05, 0.1) is 30.6 Å². The van der Waals surface area contributed by atoms with Crippen molar-refractivity contribution in [3.05, 3.63) is 47.9 Å². The molecule has 6 heteroatoms.